The van der Waals surface area contributed by atoms with Crippen LogP contribution >= 0.6 is 12.4 Å². The van der Waals surface area contributed by atoms with E-state index in [0.29, 0.717) is 6.54 Å². The Morgan fingerprint density at radius 2 is 1.76 bits per heavy atom. The van der Waals surface area contributed by atoms with Gasteiger partial charge in [0.25, 0.3) is 0 Å². The molecule has 2 N–H and O–H groups in total. The van der Waals surface area contributed by atoms with Gasteiger partial charge < -0.3 is 10.6 Å². The molecule has 118 valence electrons. The predicted molar refractivity (Wildman–Crippen MR) is 89.6 cm³/mol. The summed E-state index contributed by atoms with van der Waals surface area (Å²) in [4.78, 5) is 15.2. The van der Waals surface area contributed by atoms with Crippen molar-refractivity contribution in [1.82, 2.24) is 4.90 Å². The molecular weight excluding hydrogens is 284 g/mol. The van der Waals surface area contributed by atoms with Crippen molar-refractivity contribution in [3.05, 3.63) is 35.9 Å². The second-order valence-corrected chi connectivity index (χ2v) is 6.37. The fraction of sp³-hybridized carbons (Fsp3) is 0.588. The minimum absolute atomic E-state index is 0. The number of rotatable bonds is 5. The monoisotopic (exact) mass is 310 g/mol. The molecule has 0 heterocycles. The lowest BCUT2D eigenvalue weighted by molar-refractivity contribution is -0.138. The molecule has 2 rings (SSSR count). The zero-order valence-corrected chi connectivity index (χ0v) is 14.2. The van der Waals surface area contributed by atoms with Crippen molar-refractivity contribution in [3.63, 3.8) is 0 Å². The molecule has 1 aromatic rings. The minimum atomic E-state index is -0.384. The number of benzene rings is 1. The summed E-state index contributed by atoms with van der Waals surface area (Å²) < 4.78 is 0. The molecule has 1 saturated carbocycles. The highest BCUT2D eigenvalue weighted by atomic mass is 35.5. The largest absolute Gasteiger partial charge is 0.337 e. The van der Waals surface area contributed by atoms with Crippen molar-refractivity contribution in [2.75, 3.05) is 6.54 Å². The summed E-state index contributed by atoms with van der Waals surface area (Å²) >= 11 is 0. The van der Waals surface area contributed by atoms with E-state index in [0.717, 1.165) is 12.0 Å². The molecule has 1 amide bonds. The molecule has 1 unspecified atom stereocenters. The Balaban J connectivity index is 0.00000220. The maximum Gasteiger partial charge on any atom is 0.234 e. The number of hydrogen-bond acceptors (Lipinski definition) is 2. The first-order chi connectivity index (χ1) is 9.45. The van der Waals surface area contributed by atoms with Gasteiger partial charge >= 0.3 is 0 Å². The van der Waals surface area contributed by atoms with Crippen LogP contribution in [0, 0.1) is 5.92 Å². The number of halogens is 1. The van der Waals surface area contributed by atoms with Gasteiger partial charge in [-0.3, -0.25) is 4.79 Å². The molecule has 1 aliphatic rings. The maximum atomic E-state index is 13.2. The molecule has 0 radical (unpaired) electrons. The highest BCUT2D eigenvalue weighted by Gasteiger charge is 2.61. The molecule has 21 heavy (non-hydrogen) atoms. The number of hydrogen-bond donors (Lipinski definition) is 1. The third-order valence-electron chi connectivity index (χ3n) is 4.41. The van der Waals surface area contributed by atoms with Crippen LogP contribution in [0.5, 0.6) is 0 Å². The van der Waals surface area contributed by atoms with E-state index in [-0.39, 0.29) is 41.7 Å². The first-order valence-corrected chi connectivity index (χ1v) is 7.53. The molecular formula is C17H27ClN2O. The first kappa shape index (κ1) is 18.0. The fourth-order valence-electron chi connectivity index (χ4n) is 3.38. The predicted octanol–water partition coefficient (Wildman–Crippen LogP) is 2.97. The van der Waals surface area contributed by atoms with Crippen LogP contribution in [-0.2, 0) is 10.2 Å². The van der Waals surface area contributed by atoms with E-state index in [1.165, 1.54) is 0 Å². The normalized spacial score (nSPS) is 23.9. The van der Waals surface area contributed by atoms with Crippen molar-refractivity contribution in [2.24, 2.45) is 11.7 Å². The lowest BCUT2D eigenvalue weighted by Crippen LogP contribution is -2.48. The third-order valence-corrected chi connectivity index (χ3v) is 4.41. The number of carbonyl (C=O) groups excluding carboxylic acids is 1. The molecule has 3 nitrogen and oxygen atoms in total. The number of amides is 1. The summed E-state index contributed by atoms with van der Waals surface area (Å²) in [6.45, 7) is 8.89. The number of nitrogens with two attached hydrogens (primary N) is 1. The highest BCUT2D eigenvalue weighted by Crippen LogP contribution is 2.55. The average molecular weight is 311 g/mol. The van der Waals surface area contributed by atoms with Gasteiger partial charge in [0.1, 0.15) is 0 Å². The highest BCUT2D eigenvalue weighted by molar-refractivity contribution is 5.92. The zero-order valence-electron chi connectivity index (χ0n) is 13.4. The minimum Gasteiger partial charge on any atom is -0.337 e. The van der Waals surface area contributed by atoms with Crippen molar-refractivity contribution >= 4 is 18.3 Å². The van der Waals surface area contributed by atoms with Gasteiger partial charge in [-0.1, -0.05) is 30.3 Å². The van der Waals surface area contributed by atoms with Crippen LogP contribution in [0.1, 0.15) is 39.7 Å². The van der Waals surface area contributed by atoms with Gasteiger partial charge in [-0.2, -0.15) is 0 Å². The van der Waals surface area contributed by atoms with E-state index >= 15 is 0 Å². The quantitative estimate of drug-likeness (QED) is 0.909. The van der Waals surface area contributed by atoms with E-state index in [1.807, 2.05) is 23.1 Å². The van der Waals surface area contributed by atoms with Gasteiger partial charge in [0.15, 0.2) is 0 Å². The Bertz CT molecular complexity index is 467. The molecule has 0 aliphatic heterocycles. The van der Waals surface area contributed by atoms with E-state index in [2.05, 4.69) is 39.8 Å². The molecule has 1 fully saturated rings. The Hall–Kier alpha value is -1.06. The summed E-state index contributed by atoms with van der Waals surface area (Å²) in [5.74, 6) is 0.515. The molecule has 0 saturated heterocycles. The molecule has 4 heteroatoms. The Kier molecular flexibility index (Phi) is 5.83. The Morgan fingerprint density at radius 1 is 1.24 bits per heavy atom. The van der Waals surface area contributed by atoms with Crippen LogP contribution in [0.2, 0.25) is 0 Å². The second kappa shape index (κ2) is 6.80. The van der Waals surface area contributed by atoms with Gasteiger partial charge in [0, 0.05) is 12.1 Å². The van der Waals surface area contributed by atoms with Crippen LogP contribution < -0.4 is 5.73 Å². The number of carbonyl (C=O) groups is 1. The Morgan fingerprint density at radius 3 is 2.14 bits per heavy atom. The summed E-state index contributed by atoms with van der Waals surface area (Å²) in [6.07, 6.45) is 0.877. The lowest BCUT2D eigenvalue weighted by atomic mass is 9.90. The van der Waals surface area contributed by atoms with Crippen LogP contribution in [0.25, 0.3) is 0 Å². The van der Waals surface area contributed by atoms with Gasteiger partial charge in [-0.05, 0) is 52.1 Å². The van der Waals surface area contributed by atoms with E-state index in [1.54, 1.807) is 0 Å². The molecule has 2 atom stereocenters. The SMILES string of the molecule is CC(C)N(C(=O)[C@@]1(c2ccccc2)CC1CN)C(C)C.Cl. The zero-order chi connectivity index (χ0) is 14.9. The summed E-state index contributed by atoms with van der Waals surface area (Å²) in [7, 11) is 0. The molecule has 1 aliphatic carbocycles. The van der Waals surface area contributed by atoms with Gasteiger partial charge in [0.05, 0.1) is 5.41 Å². The molecule has 0 aromatic heterocycles. The van der Waals surface area contributed by atoms with Crippen molar-refractivity contribution in [3.8, 4) is 0 Å². The van der Waals surface area contributed by atoms with Crippen molar-refractivity contribution in [1.29, 1.82) is 0 Å². The van der Waals surface area contributed by atoms with Gasteiger partial charge in [-0.15, -0.1) is 12.4 Å². The average Bonchev–Trinajstić information content (AvgIpc) is 3.14. The third kappa shape index (κ3) is 3.09. The molecule has 0 spiro atoms. The number of nitrogens with zero attached hydrogens (tertiary/aromatic N) is 1. The second-order valence-electron chi connectivity index (χ2n) is 6.37. The van der Waals surface area contributed by atoms with Crippen LogP contribution in [0.4, 0.5) is 0 Å². The van der Waals surface area contributed by atoms with Crippen LogP contribution in [-0.4, -0.2) is 29.4 Å². The summed E-state index contributed by atoms with van der Waals surface area (Å²) in [5.41, 5.74) is 6.60. The van der Waals surface area contributed by atoms with E-state index in [9.17, 15) is 4.79 Å². The van der Waals surface area contributed by atoms with Crippen molar-refractivity contribution < 1.29 is 4.79 Å². The first-order valence-electron chi connectivity index (χ1n) is 7.53. The van der Waals surface area contributed by atoms with Crippen LogP contribution in [0.3, 0.4) is 0 Å². The van der Waals surface area contributed by atoms with Gasteiger partial charge in [0.2, 0.25) is 5.91 Å². The van der Waals surface area contributed by atoms with Crippen molar-refractivity contribution in [2.45, 2.75) is 51.6 Å². The maximum absolute atomic E-state index is 13.2. The summed E-state index contributed by atoms with van der Waals surface area (Å²) in [6, 6.07) is 10.5. The van der Waals surface area contributed by atoms with E-state index < -0.39 is 0 Å². The Labute approximate surface area is 134 Å². The smallest absolute Gasteiger partial charge is 0.234 e. The van der Waals surface area contributed by atoms with E-state index in [4.69, 9.17) is 5.73 Å². The van der Waals surface area contributed by atoms with Crippen LogP contribution in [0.15, 0.2) is 30.3 Å². The standard InChI is InChI=1S/C17H26N2O.ClH/c1-12(2)19(13(3)4)16(20)17(10-15(17)11-18)14-8-6-5-7-9-14;/h5-9,12-13,15H,10-11,18H2,1-4H3;1H/t15?,17-;/m1./s1. The lowest BCUT2D eigenvalue weighted by Gasteiger charge is -2.35. The molecule has 1 aromatic carbocycles. The topological polar surface area (TPSA) is 46.3 Å². The fourth-order valence-corrected chi connectivity index (χ4v) is 3.38. The summed E-state index contributed by atoms with van der Waals surface area (Å²) in [5, 5.41) is 0. The molecule has 0 bridgehead atoms. The van der Waals surface area contributed by atoms with Gasteiger partial charge in [-0.25, -0.2) is 0 Å².